The normalized spacial score (nSPS) is 38.6. The molecule has 1 aliphatic heterocycles. The van der Waals surface area contributed by atoms with Crippen LogP contribution in [0.4, 0.5) is 0 Å². The summed E-state index contributed by atoms with van der Waals surface area (Å²) >= 11 is 0. The lowest BCUT2D eigenvalue weighted by atomic mass is 9.91. The third kappa shape index (κ3) is 1.47. The molecule has 2 aliphatic rings. The molecule has 1 saturated heterocycles. The molecule has 0 saturated carbocycles. The molecule has 0 bridgehead atoms. The van der Waals surface area contributed by atoms with Crippen LogP contribution >= 0.6 is 0 Å². The monoisotopic (exact) mass is 152 g/mol. The minimum atomic E-state index is 0.846. The van der Waals surface area contributed by atoms with E-state index in [1.807, 2.05) is 5.01 Å². The SMILES string of the molecule is NN1CC2CC=CCCC2C1. The van der Waals surface area contributed by atoms with Crippen LogP contribution in [-0.4, -0.2) is 18.1 Å². The molecule has 0 radical (unpaired) electrons. The van der Waals surface area contributed by atoms with Gasteiger partial charge in [0.2, 0.25) is 0 Å². The van der Waals surface area contributed by atoms with Gasteiger partial charge in [0.05, 0.1) is 0 Å². The number of hydrogen-bond acceptors (Lipinski definition) is 2. The topological polar surface area (TPSA) is 29.3 Å². The van der Waals surface area contributed by atoms with E-state index >= 15 is 0 Å². The zero-order valence-corrected chi connectivity index (χ0v) is 6.87. The van der Waals surface area contributed by atoms with E-state index in [4.69, 9.17) is 5.84 Å². The van der Waals surface area contributed by atoms with Gasteiger partial charge in [-0.3, -0.25) is 5.84 Å². The molecule has 2 nitrogen and oxygen atoms in total. The molecule has 1 aliphatic carbocycles. The Bertz CT molecular complexity index is 165. The second kappa shape index (κ2) is 2.95. The fourth-order valence-electron chi connectivity index (χ4n) is 2.27. The molecule has 0 aromatic carbocycles. The molecule has 0 aromatic heterocycles. The maximum atomic E-state index is 5.75. The fraction of sp³-hybridized carbons (Fsp3) is 0.778. The summed E-state index contributed by atoms with van der Waals surface area (Å²) in [6, 6.07) is 0. The lowest BCUT2D eigenvalue weighted by Crippen LogP contribution is -2.28. The second-order valence-corrected chi connectivity index (χ2v) is 3.76. The van der Waals surface area contributed by atoms with Gasteiger partial charge in [0.25, 0.3) is 0 Å². The van der Waals surface area contributed by atoms with Crippen molar-refractivity contribution in [1.82, 2.24) is 5.01 Å². The Balaban J connectivity index is 2.02. The zero-order valence-electron chi connectivity index (χ0n) is 6.87. The van der Waals surface area contributed by atoms with Crippen molar-refractivity contribution in [1.29, 1.82) is 0 Å². The third-order valence-corrected chi connectivity index (χ3v) is 2.91. The molecular weight excluding hydrogens is 136 g/mol. The molecule has 0 amide bonds. The van der Waals surface area contributed by atoms with Crippen molar-refractivity contribution in [2.75, 3.05) is 13.1 Å². The Kier molecular flexibility index (Phi) is 1.96. The highest BCUT2D eigenvalue weighted by molar-refractivity contribution is 4.94. The van der Waals surface area contributed by atoms with Crippen LogP contribution < -0.4 is 5.84 Å². The largest absolute Gasteiger partial charge is 0.269 e. The first-order chi connectivity index (χ1) is 5.36. The van der Waals surface area contributed by atoms with E-state index in [9.17, 15) is 0 Å². The minimum absolute atomic E-state index is 0.846. The summed E-state index contributed by atoms with van der Waals surface area (Å²) in [6.07, 6.45) is 8.49. The van der Waals surface area contributed by atoms with Crippen molar-refractivity contribution >= 4 is 0 Å². The van der Waals surface area contributed by atoms with Crippen LogP contribution in [0.15, 0.2) is 12.2 Å². The average molecular weight is 152 g/mol. The van der Waals surface area contributed by atoms with E-state index in [2.05, 4.69) is 12.2 Å². The van der Waals surface area contributed by atoms with Gasteiger partial charge in [-0.1, -0.05) is 12.2 Å². The van der Waals surface area contributed by atoms with Gasteiger partial charge in [0.15, 0.2) is 0 Å². The molecule has 62 valence electrons. The van der Waals surface area contributed by atoms with Crippen LogP contribution in [-0.2, 0) is 0 Å². The van der Waals surface area contributed by atoms with Crippen LogP contribution in [0.2, 0.25) is 0 Å². The Morgan fingerprint density at radius 1 is 1.18 bits per heavy atom. The Hall–Kier alpha value is -0.340. The summed E-state index contributed by atoms with van der Waals surface area (Å²) in [4.78, 5) is 0. The maximum absolute atomic E-state index is 5.75. The summed E-state index contributed by atoms with van der Waals surface area (Å²) in [6.45, 7) is 2.22. The lowest BCUT2D eigenvalue weighted by molar-refractivity contribution is 0.332. The van der Waals surface area contributed by atoms with Crippen LogP contribution in [0.5, 0.6) is 0 Å². The van der Waals surface area contributed by atoms with Crippen molar-refractivity contribution in [2.24, 2.45) is 17.7 Å². The van der Waals surface area contributed by atoms with Crippen LogP contribution in [0, 0.1) is 11.8 Å². The number of rotatable bonds is 0. The molecule has 0 aromatic rings. The fourth-order valence-corrected chi connectivity index (χ4v) is 2.27. The van der Waals surface area contributed by atoms with Crippen molar-refractivity contribution in [3.8, 4) is 0 Å². The van der Waals surface area contributed by atoms with Gasteiger partial charge in [-0.05, 0) is 31.1 Å². The highest BCUT2D eigenvalue weighted by atomic mass is 15.4. The first-order valence-electron chi connectivity index (χ1n) is 4.51. The molecule has 2 heteroatoms. The quantitative estimate of drug-likeness (QED) is 0.417. The molecule has 2 atom stereocenters. The number of fused-ring (bicyclic) bond motifs is 1. The smallest absolute Gasteiger partial charge is 0.0163 e. The van der Waals surface area contributed by atoms with Gasteiger partial charge in [0, 0.05) is 13.1 Å². The summed E-state index contributed by atoms with van der Waals surface area (Å²) in [7, 11) is 0. The predicted octanol–water partition coefficient (Wildman–Crippen LogP) is 1.15. The highest BCUT2D eigenvalue weighted by Crippen LogP contribution is 2.30. The second-order valence-electron chi connectivity index (χ2n) is 3.76. The van der Waals surface area contributed by atoms with Crippen molar-refractivity contribution in [2.45, 2.75) is 19.3 Å². The minimum Gasteiger partial charge on any atom is -0.269 e. The third-order valence-electron chi connectivity index (χ3n) is 2.91. The summed E-state index contributed by atoms with van der Waals surface area (Å²) in [5.41, 5.74) is 0. The maximum Gasteiger partial charge on any atom is 0.0163 e. The molecular formula is C9H16N2. The summed E-state index contributed by atoms with van der Waals surface area (Å²) in [5, 5.41) is 1.98. The highest BCUT2D eigenvalue weighted by Gasteiger charge is 2.30. The van der Waals surface area contributed by atoms with Crippen LogP contribution in [0.3, 0.4) is 0 Å². The predicted molar refractivity (Wildman–Crippen MR) is 45.7 cm³/mol. The average Bonchev–Trinajstić information content (AvgIpc) is 2.17. The van der Waals surface area contributed by atoms with Gasteiger partial charge < -0.3 is 0 Å². The molecule has 1 fully saturated rings. The van der Waals surface area contributed by atoms with Crippen LogP contribution in [0.25, 0.3) is 0 Å². The van der Waals surface area contributed by atoms with Gasteiger partial charge >= 0.3 is 0 Å². The number of nitrogens with two attached hydrogens (primary N) is 1. The lowest BCUT2D eigenvalue weighted by Gasteiger charge is -2.12. The van der Waals surface area contributed by atoms with Gasteiger partial charge in [-0.2, -0.15) is 0 Å². The molecule has 2 rings (SSSR count). The Labute approximate surface area is 68.0 Å². The van der Waals surface area contributed by atoms with E-state index in [-0.39, 0.29) is 0 Å². The molecule has 2 N–H and O–H groups in total. The number of hydrazine groups is 1. The van der Waals surface area contributed by atoms with Crippen molar-refractivity contribution in [3.05, 3.63) is 12.2 Å². The molecule has 11 heavy (non-hydrogen) atoms. The Morgan fingerprint density at radius 3 is 2.91 bits per heavy atom. The van der Waals surface area contributed by atoms with E-state index in [0.717, 1.165) is 24.9 Å². The summed E-state index contributed by atoms with van der Waals surface area (Å²) in [5.74, 6) is 7.47. The molecule has 2 unspecified atom stereocenters. The Morgan fingerprint density at radius 2 is 2.00 bits per heavy atom. The van der Waals surface area contributed by atoms with Gasteiger partial charge in [0.1, 0.15) is 0 Å². The van der Waals surface area contributed by atoms with Gasteiger partial charge in [-0.25, -0.2) is 5.01 Å². The summed E-state index contributed by atoms with van der Waals surface area (Å²) < 4.78 is 0. The van der Waals surface area contributed by atoms with Crippen LogP contribution in [0.1, 0.15) is 19.3 Å². The van der Waals surface area contributed by atoms with Crippen molar-refractivity contribution < 1.29 is 0 Å². The van der Waals surface area contributed by atoms with Gasteiger partial charge in [-0.15, -0.1) is 0 Å². The van der Waals surface area contributed by atoms with E-state index in [0.29, 0.717) is 0 Å². The number of hydrogen-bond donors (Lipinski definition) is 1. The first-order valence-corrected chi connectivity index (χ1v) is 4.51. The standard InChI is InChI=1S/C9H16N2/c10-11-6-8-4-2-1-3-5-9(8)7-11/h1-2,8-9H,3-7,10H2. The molecule has 1 heterocycles. The van der Waals surface area contributed by atoms with E-state index < -0.39 is 0 Å². The number of nitrogens with zero attached hydrogens (tertiary/aromatic N) is 1. The first kappa shape index (κ1) is 7.32. The van der Waals surface area contributed by atoms with Crippen molar-refractivity contribution in [3.63, 3.8) is 0 Å². The van der Waals surface area contributed by atoms with E-state index in [1.54, 1.807) is 0 Å². The number of allylic oxidation sites excluding steroid dienone is 2. The zero-order chi connectivity index (χ0) is 7.68. The molecule has 0 spiro atoms. The van der Waals surface area contributed by atoms with E-state index in [1.165, 1.54) is 19.3 Å².